The van der Waals surface area contributed by atoms with Gasteiger partial charge in [-0.25, -0.2) is 4.79 Å². The number of fused-ring (bicyclic) bond motifs is 1. The van der Waals surface area contributed by atoms with E-state index in [0.29, 0.717) is 22.9 Å². The molecule has 0 atom stereocenters. The molecule has 0 spiro atoms. The Morgan fingerprint density at radius 2 is 1.81 bits per heavy atom. The zero-order chi connectivity index (χ0) is 22.5. The van der Waals surface area contributed by atoms with Crippen LogP contribution < -0.4 is 16.3 Å². The molecule has 8 nitrogen and oxygen atoms in total. The molecular formula is C23H23N5O3S. The number of thioether (sulfide) groups is 1. The summed E-state index contributed by atoms with van der Waals surface area (Å²) in [6, 6.07) is 12.5. The van der Waals surface area contributed by atoms with Crippen LogP contribution in [0.25, 0.3) is 0 Å². The molecule has 1 aliphatic carbocycles. The first-order valence-corrected chi connectivity index (χ1v) is 11.3. The van der Waals surface area contributed by atoms with Gasteiger partial charge in [0.25, 0.3) is 0 Å². The summed E-state index contributed by atoms with van der Waals surface area (Å²) in [5.41, 5.74) is 3.84. The fourth-order valence-corrected chi connectivity index (χ4v) is 4.57. The standard InChI is InChI=1S/C23H23N5O3S/c1-15(29)25-16-8-10-17(11-9-16)26-21(30)14-32-22-19-6-4-7-20(19)28(23(31)27-22)13-18-5-2-3-12-24-18/h2-3,5,8-12H,4,6-7,13-14H2,1H3,(H,25,29)(H,26,30). The van der Waals surface area contributed by atoms with Gasteiger partial charge in [0.2, 0.25) is 11.8 Å². The number of carbonyl (C=O) groups excluding carboxylic acids is 2. The van der Waals surface area contributed by atoms with Gasteiger partial charge >= 0.3 is 5.69 Å². The van der Waals surface area contributed by atoms with Crippen LogP contribution in [-0.2, 0) is 29.0 Å². The van der Waals surface area contributed by atoms with Gasteiger partial charge < -0.3 is 10.6 Å². The molecule has 1 aliphatic rings. The summed E-state index contributed by atoms with van der Waals surface area (Å²) in [4.78, 5) is 44.8. The van der Waals surface area contributed by atoms with Crippen LogP contribution >= 0.6 is 11.8 Å². The molecule has 3 aromatic rings. The first-order valence-electron chi connectivity index (χ1n) is 10.3. The van der Waals surface area contributed by atoms with E-state index in [0.717, 1.165) is 36.2 Å². The minimum Gasteiger partial charge on any atom is -0.326 e. The molecule has 0 aliphatic heterocycles. The van der Waals surface area contributed by atoms with Crippen LogP contribution in [0.3, 0.4) is 0 Å². The highest BCUT2D eigenvalue weighted by atomic mass is 32.2. The third-order valence-corrected chi connectivity index (χ3v) is 6.09. The predicted octanol–water partition coefficient (Wildman–Crippen LogP) is 2.86. The molecule has 2 heterocycles. The molecule has 2 N–H and O–H groups in total. The highest BCUT2D eigenvalue weighted by molar-refractivity contribution is 8.00. The summed E-state index contributed by atoms with van der Waals surface area (Å²) < 4.78 is 1.70. The second kappa shape index (κ2) is 9.78. The van der Waals surface area contributed by atoms with E-state index >= 15 is 0 Å². The van der Waals surface area contributed by atoms with Gasteiger partial charge in [-0.15, -0.1) is 0 Å². The smallest absolute Gasteiger partial charge is 0.326 e. The van der Waals surface area contributed by atoms with Gasteiger partial charge in [-0.1, -0.05) is 17.8 Å². The van der Waals surface area contributed by atoms with Gasteiger partial charge in [0.1, 0.15) is 5.03 Å². The topological polar surface area (TPSA) is 106 Å². The number of rotatable bonds is 7. The summed E-state index contributed by atoms with van der Waals surface area (Å²) in [5, 5.41) is 6.14. The zero-order valence-corrected chi connectivity index (χ0v) is 18.4. The minimum atomic E-state index is -0.312. The first kappa shape index (κ1) is 21.8. The maximum absolute atomic E-state index is 12.7. The van der Waals surface area contributed by atoms with E-state index in [2.05, 4.69) is 20.6 Å². The largest absolute Gasteiger partial charge is 0.349 e. The first-order chi connectivity index (χ1) is 15.5. The van der Waals surface area contributed by atoms with Crippen LogP contribution in [0.1, 0.15) is 30.3 Å². The predicted molar refractivity (Wildman–Crippen MR) is 124 cm³/mol. The Bertz CT molecular complexity index is 1190. The lowest BCUT2D eigenvalue weighted by atomic mass is 10.2. The number of aromatic nitrogens is 3. The molecule has 9 heteroatoms. The Kier molecular flexibility index (Phi) is 6.65. The maximum atomic E-state index is 12.7. The van der Waals surface area contributed by atoms with Crippen molar-refractivity contribution in [2.75, 3.05) is 16.4 Å². The van der Waals surface area contributed by atoms with E-state index in [1.165, 1.54) is 18.7 Å². The van der Waals surface area contributed by atoms with E-state index in [4.69, 9.17) is 0 Å². The lowest BCUT2D eigenvalue weighted by Gasteiger charge is -2.14. The third-order valence-electron chi connectivity index (χ3n) is 5.08. The van der Waals surface area contributed by atoms with Crippen molar-refractivity contribution in [2.45, 2.75) is 37.8 Å². The molecular weight excluding hydrogens is 426 g/mol. The van der Waals surface area contributed by atoms with Gasteiger partial charge in [-0.2, -0.15) is 4.98 Å². The van der Waals surface area contributed by atoms with Crippen molar-refractivity contribution >= 4 is 35.0 Å². The van der Waals surface area contributed by atoms with Crippen molar-refractivity contribution in [1.29, 1.82) is 0 Å². The molecule has 164 valence electrons. The van der Waals surface area contributed by atoms with E-state index in [9.17, 15) is 14.4 Å². The monoisotopic (exact) mass is 449 g/mol. The van der Waals surface area contributed by atoms with Crippen molar-refractivity contribution in [3.05, 3.63) is 76.1 Å². The average Bonchev–Trinajstić information content (AvgIpc) is 3.26. The second-order valence-corrected chi connectivity index (χ2v) is 8.44. The SMILES string of the molecule is CC(=O)Nc1ccc(NC(=O)CSc2nc(=O)n(Cc3ccccn3)c3c2CCC3)cc1. The molecule has 0 radical (unpaired) electrons. The fourth-order valence-electron chi connectivity index (χ4n) is 3.69. The maximum Gasteiger partial charge on any atom is 0.349 e. The zero-order valence-electron chi connectivity index (χ0n) is 17.6. The highest BCUT2D eigenvalue weighted by Gasteiger charge is 2.22. The van der Waals surface area contributed by atoms with Gasteiger partial charge in [0.05, 0.1) is 18.0 Å². The number of hydrogen-bond donors (Lipinski definition) is 2. The second-order valence-electron chi connectivity index (χ2n) is 7.48. The average molecular weight is 450 g/mol. The molecule has 2 amide bonds. The number of amides is 2. The van der Waals surface area contributed by atoms with Gasteiger partial charge in [-0.05, 0) is 55.7 Å². The molecule has 0 saturated heterocycles. The minimum absolute atomic E-state index is 0.149. The van der Waals surface area contributed by atoms with Crippen LogP contribution in [0.5, 0.6) is 0 Å². The number of nitrogens with one attached hydrogen (secondary N) is 2. The van der Waals surface area contributed by atoms with Crippen molar-refractivity contribution in [2.24, 2.45) is 0 Å². The summed E-state index contributed by atoms with van der Waals surface area (Å²) in [6.07, 6.45) is 4.34. The van der Waals surface area contributed by atoms with Crippen LogP contribution in [0, 0.1) is 0 Å². The molecule has 1 aromatic carbocycles. The Morgan fingerprint density at radius 1 is 1.06 bits per heavy atom. The summed E-state index contributed by atoms with van der Waals surface area (Å²) in [5.74, 6) is -0.190. The molecule has 32 heavy (non-hydrogen) atoms. The number of pyridine rings is 1. The molecule has 4 rings (SSSR count). The summed E-state index contributed by atoms with van der Waals surface area (Å²) in [6.45, 7) is 1.84. The van der Waals surface area contributed by atoms with Crippen molar-refractivity contribution in [1.82, 2.24) is 14.5 Å². The van der Waals surface area contributed by atoms with Crippen LogP contribution in [-0.4, -0.2) is 32.1 Å². The lowest BCUT2D eigenvalue weighted by Crippen LogP contribution is -2.28. The number of anilines is 2. The van der Waals surface area contributed by atoms with Crippen LogP contribution in [0.2, 0.25) is 0 Å². The Morgan fingerprint density at radius 3 is 2.50 bits per heavy atom. The number of benzene rings is 1. The lowest BCUT2D eigenvalue weighted by molar-refractivity contribution is -0.114. The van der Waals surface area contributed by atoms with Crippen LogP contribution in [0.4, 0.5) is 11.4 Å². The van der Waals surface area contributed by atoms with E-state index in [1.807, 2.05) is 18.2 Å². The molecule has 0 bridgehead atoms. The molecule has 2 aromatic heterocycles. The van der Waals surface area contributed by atoms with Crippen LogP contribution in [0.15, 0.2) is 58.5 Å². The van der Waals surface area contributed by atoms with E-state index in [1.54, 1.807) is 35.0 Å². The fraction of sp³-hybridized carbons (Fsp3) is 0.261. The van der Waals surface area contributed by atoms with Gasteiger partial charge in [0.15, 0.2) is 0 Å². The van der Waals surface area contributed by atoms with Gasteiger partial charge in [-0.3, -0.25) is 19.1 Å². The van der Waals surface area contributed by atoms with E-state index < -0.39 is 0 Å². The number of hydrogen-bond acceptors (Lipinski definition) is 6. The molecule has 0 unspecified atom stereocenters. The highest BCUT2D eigenvalue weighted by Crippen LogP contribution is 2.29. The Balaban J connectivity index is 1.43. The number of nitrogens with zero attached hydrogens (tertiary/aromatic N) is 3. The third kappa shape index (κ3) is 5.23. The molecule has 0 fully saturated rings. The summed E-state index contributed by atoms with van der Waals surface area (Å²) >= 11 is 1.28. The summed E-state index contributed by atoms with van der Waals surface area (Å²) in [7, 11) is 0. The van der Waals surface area contributed by atoms with Crippen molar-refractivity contribution in [3.63, 3.8) is 0 Å². The van der Waals surface area contributed by atoms with E-state index in [-0.39, 0.29) is 23.3 Å². The number of carbonyl (C=O) groups is 2. The molecule has 0 saturated carbocycles. The quantitative estimate of drug-likeness (QED) is 0.424. The Labute approximate surface area is 189 Å². The normalized spacial score (nSPS) is 12.3. The Hall–Kier alpha value is -3.46. The van der Waals surface area contributed by atoms with Gasteiger partial charge in [0, 0.05) is 35.8 Å². The van der Waals surface area contributed by atoms with Crippen molar-refractivity contribution in [3.8, 4) is 0 Å². The van der Waals surface area contributed by atoms with Crippen molar-refractivity contribution < 1.29 is 9.59 Å².